The lowest BCUT2D eigenvalue weighted by Gasteiger charge is -2.13. The molecule has 3 rings (SSSR count). The van der Waals surface area contributed by atoms with Crippen LogP contribution in [0.3, 0.4) is 0 Å². The van der Waals surface area contributed by atoms with Crippen LogP contribution in [0.1, 0.15) is 23.6 Å². The number of H-pyrrole nitrogens is 1. The van der Waals surface area contributed by atoms with Crippen molar-refractivity contribution in [3.05, 3.63) is 71.9 Å². The Hall–Kier alpha value is -2.52. The molecule has 0 saturated carbocycles. The molecular weight excluding hydrogens is 308 g/mol. The fraction of sp³-hybridized carbons (Fsp3) is 0.273. The molecule has 25 heavy (non-hydrogen) atoms. The average Bonchev–Trinajstić information content (AvgIpc) is 3.03. The Bertz CT molecular complexity index is 862. The van der Waals surface area contributed by atoms with Crippen molar-refractivity contribution >= 4 is 16.5 Å². The van der Waals surface area contributed by atoms with E-state index < -0.39 is 0 Å². The summed E-state index contributed by atoms with van der Waals surface area (Å²) >= 11 is 0. The summed E-state index contributed by atoms with van der Waals surface area (Å²) in [7, 11) is 4.20. The van der Waals surface area contributed by atoms with E-state index in [4.69, 9.17) is 4.74 Å². The number of hydrogen-bond acceptors (Lipinski definition) is 2. The number of aromatic nitrogens is 1. The average molecular weight is 334 g/mol. The first-order valence-electron chi connectivity index (χ1n) is 8.66. The molecule has 3 nitrogen and oxygen atoms in total. The molecule has 0 bridgehead atoms. The van der Waals surface area contributed by atoms with Gasteiger partial charge in [-0.1, -0.05) is 36.9 Å². The summed E-state index contributed by atoms with van der Waals surface area (Å²) in [6.07, 6.45) is 3.09. The molecule has 3 aromatic rings. The van der Waals surface area contributed by atoms with Crippen LogP contribution >= 0.6 is 0 Å². The summed E-state index contributed by atoms with van der Waals surface area (Å²) in [5.74, 6) is 0.929. The van der Waals surface area contributed by atoms with Crippen molar-refractivity contribution in [2.45, 2.75) is 20.0 Å². The first kappa shape index (κ1) is 17.3. The SMILES string of the molecule is C=C(C)c1ccc(OCc2ccccc2)c2c(CCN(C)C)c[nH]c12. The van der Waals surface area contributed by atoms with Crippen LogP contribution in [0.25, 0.3) is 16.5 Å². The largest absolute Gasteiger partial charge is 0.488 e. The van der Waals surface area contributed by atoms with Gasteiger partial charge in [-0.2, -0.15) is 0 Å². The van der Waals surface area contributed by atoms with Crippen LogP contribution in [-0.4, -0.2) is 30.5 Å². The number of ether oxygens (including phenoxy) is 1. The normalized spacial score (nSPS) is 11.2. The van der Waals surface area contributed by atoms with Gasteiger partial charge in [0.1, 0.15) is 12.4 Å². The molecule has 0 radical (unpaired) electrons. The number of likely N-dealkylation sites (N-methyl/N-ethyl adjacent to an activating group) is 1. The van der Waals surface area contributed by atoms with E-state index in [0.717, 1.165) is 35.4 Å². The van der Waals surface area contributed by atoms with Crippen molar-refractivity contribution in [1.29, 1.82) is 0 Å². The second-order valence-electron chi connectivity index (χ2n) is 6.78. The van der Waals surface area contributed by atoms with Crippen LogP contribution in [0.4, 0.5) is 0 Å². The smallest absolute Gasteiger partial charge is 0.129 e. The van der Waals surface area contributed by atoms with E-state index in [0.29, 0.717) is 6.61 Å². The minimum absolute atomic E-state index is 0.570. The molecule has 130 valence electrons. The van der Waals surface area contributed by atoms with Gasteiger partial charge in [-0.05, 0) is 56.3 Å². The minimum atomic E-state index is 0.570. The van der Waals surface area contributed by atoms with Crippen LogP contribution in [-0.2, 0) is 13.0 Å². The third kappa shape index (κ3) is 3.94. The van der Waals surface area contributed by atoms with E-state index in [1.807, 2.05) is 25.1 Å². The van der Waals surface area contributed by atoms with Gasteiger partial charge in [0.15, 0.2) is 0 Å². The first-order chi connectivity index (χ1) is 12.1. The lowest BCUT2D eigenvalue weighted by atomic mass is 10.0. The molecule has 1 heterocycles. The van der Waals surface area contributed by atoms with Crippen molar-refractivity contribution < 1.29 is 4.74 Å². The lowest BCUT2D eigenvalue weighted by Crippen LogP contribution is -2.14. The Labute approximate surface area is 149 Å². The number of fused-ring (bicyclic) bond motifs is 1. The summed E-state index contributed by atoms with van der Waals surface area (Å²) in [5, 5.41) is 1.18. The first-order valence-corrected chi connectivity index (χ1v) is 8.66. The van der Waals surface area contributed by atoms with Crippen molar-refractivity contribution in [2.24, 2.45) is 0 Å². The molecule has 0 unspecified atom stereocenters. The Morgan fingerprint density at radius 3 is 2.56 bits per heavy atom. The molecule has 0 aliphatic rings. The zero-order chi connectivity index (χ0) is 17.8. The maximum Gasteiger partial charge on any atom is 0.129 e. The fourth-order valence-electron chi connectivity index (χ4n) is 3.04. The maximum absolute atomic E-state index is 6.18. The van der Waals surface area contributed by atoms with E-state index in [9.17, 15) is 0 Å². The fourth-order valence-corrected chi connectivity index (χ4v) is 3.04. The number of hydrogen-bond donors (Lipinski definition) is 1. The van der Waals surface area contributed by atoms with Gasteiger partial charge in [0.25, 0.3) is 0 Å². The standard InChI is InChI=1S/C22H26N2O/c1-16(2)19-10-11-20(25-15-17-8-6-5-7-9-17)21-18(12-13-24(3)4)14-23-22(19)21/h5-11,14,23H,1,12-13,15H2,2-4H3. The highest BCUT2D eigenvalue weighted by atomic mass is 16.5. The van der Waals surface area contributed by atoms with Gasteiger partial charge in [-0.3, -0.25) is 0 Å². The molecule has 2 aromatic carbocycles. The molecular formula is C22H26N2O. The van der Waals surface area contributed by atoms with Crippen molar-refractivity contribution in [1.82, 2.24) is 9.88 Å². The number of rotatable bonds is 7. The number of allylic oxidation sites excluding steroid dienone is 1. The molecule has 0 saturated heterocycles. The third-order valence-corrected chi connectivity index (χ3v) is 4.40. The summed E-state index contributed by atoms with van der Waals surface area (Å²) < 4.78 is 6.18. The molecule has 0 aliphatic heterocycles. The number of nitrogens with one attached hydrogen (secondary N) is 1. The van der Waals surface area contributed by atoms with Gasteiger partial charge >= 0.3 is 0 Å². The van der Waals surface area contributed by atoms with Gasteiger partial charge in [-0.15, -0.1) is 0 Å². The van der Waals surface area contributed by atoms with E-state index in [1.165, 1.54) is 16.5 Å². The van der Waals surface area contributed by atoms with Crippen LogP contribution in [0, 0.1) is 0 Å². The number of aromatic amines is 1. The van der Waals surface area contributed by atoms with Crippen LogP contribution in [0.15, 0.2) is 55.2 Å². The van der Waals surface area contributed by atoms with E-state index >= 15 is 0 Å². The molecule has 0 fully saturated rings. The maximum atomic E-state index is 6.18. The van der Waals surface area contributed by atoms with Gasteiger partial charge in [0, 0.05) is 23.7 Å². The van der Waals surface area contributed by atoms with Crippen LogP contribution in [0.2, 0.25) is 0 Å². The Morgan fingerprint density at radius 2 is 1.88 bits per heavy atom. The predicted molar refractivity (Wildman–Crippen MR) is 106 cm³/mol. The van der Waals surface area contributed by atoms with Gasteiger partial charge in [0.2, 0.25) is 0 Å². The van der Waals surface area contributed by atoms with Crippen LogP contribution < -0.4 is 4.74 Å². The van der Waals surface area contributed by atoms with E-state index in [1.54, 1.807) is 0 Å². The van der Waals surface area contributed by atoms with Crippen LogP contribution in [0.5, 0.6) is 5.75 Å². The molecule has 0 aliphatic carbocycles. The van der Waals surface area contributed by atoms with Crippen molar-refractivity contribution in [3.8, 4) is 5.75 Å². The summed E-state index contributed by atoms with van der Waals surface area (Å²) in [6.45, 7) is 7.73. The predicted octanol–water partition coefficient (Wildman–Crippen LogP) is 4.88. The molecule has 0 atom stereocenters. The molecule has 0 spiro atoms. The topological polar surface area (TPSA) is 28.3 Å². The summed E-state index contributed by atoms with van der Waals surface area (Å²) in [5.41, 5.74) is 5.78. The Kier molecular flexibility index (Phi) is 5.25. The Balaban J connectivity index is 1.97. The van der Waals surface area contributed by atoms with Gasteiger partial charge < -0.3 is 14.6 Å². The van der Waals surface area contributed by atoms with Crippen molar-refractivity contribution in [3.63, 3.8) is 0 Å². The number of nitrogens with zero attached hydrogens (tertiary/aromatic N) is 1. The molecule has 1 aromatic heterocycles. The summed E-state index contributed by atoms with van der Waals surface area (Å²) in [6, 6.07) is 14.4. The molecule has 3 heteroatoms. The van der Waals surface area contributed by atoms with E-state index in [-0.39, 0.29) is 0 Å². The quantitative estimate of drug-likeness (QED) is 0.667. The highest BCUT2D eigenvalue weighted by Gasteiger charge is 2.14. The molecule has 1 N–H and O–H groups in total. The van der Waals surface area contributed by atoms with Crippen molar-refractivity contribution in [2.75, 3.05) is 20.6 Å². The second kappa shape index (κ2) is 7.58. The highest BCUT2D eigenvalue weighted by molar-refractivity contribution is 5.97. The lowest BCUT2D eigenvalue weighted by molar-refractivity contribution is 0.310. The van der Waals surface area contributed by atoms with Gasteiger partial charge in [0.05, 0.1) is 5.52 Å². The third-order valence-electron chi connectivity index (χ3n) is 4.40. The zero-order valence-corrected chi connectivity index (χ0v) is 15.3. The zero-order valence-electron chi connectivity index (χ0n) is 15.3. The molecule has 0 amide bonds. The highest BCUT2D eigenvalue weighted by Crippen LogP contribution is 2.34. The monoisotopic (exact) mass is 334 g/mol. The summed E-state index contributed by atoms with van der Waals surface area (Å²) in [4.78, 5) is 5.64. The Morgan fingerprint density at radius 1 is 1.12 bits per heavy atom. The van der Waals surface area contributed by atoms with E-state index in [2.05, 4.69) is 61.0 Å². The van der Waals surface area contributed by atoms with Gasteiger partial charge in [-0.25, -0.2) is 0 Å². The number of benzene rings is 2. The second-order valence-corrected chi connectivity index (χ2v) is 6.78. The minimum Gasteiger partial charge on any atom is -0.488 e.